The first-order valence-electron chi connectivity index (χ1n) is 4.93. The molecule has 1 aliphatic rings. The van der Waals surface area contributed by atoms with Gasteiger partial charge in [0.2, 0.25) is 0 Å². The predicted octanol–water partition coefficient (Wildman–Crippen LogP) is 0.905. The lowest BCUT2D eigenvalue weighted by molar-refractivity contribution is -0.141. The standard InChI is InChI=1S/C10H17NO3/c1-8(12)10(5-3-4-6-10)11(2)7-9(13)14/h3-7H2,1-2H3,(H,13,14). The molecule has 4 nitrogen and oxygen atoms in total. The summed E-state index contributed by atoms with van der Waals surface area (Å²) >= 11 is 0. The van der Waals surface area contributed by atoms with E-state index in [9.17, 15) is 9.59 Å². The van der Waals surface area contributed by atoms with Crippen molar-refractivity contribution in [3.63, 3.8) is 0 Å². The van der Waals surface area contributed by atoms with Crippen LogP contribution >= 0.6 is 0 Å². The van der Waals surface area contributed by atoms with Gasteiger partial charge >= 0.3 is 5.97 Å². The number of likely N-dealkylation sites (N-methyl/N-ethyl adjacent to an activating group) is 1. The van der Waals surface area contributed by atoms with Crippen LogP contribution in [-0.4, -0.2) is 40.9 Å². The van der Waals surface area contributed by atoms with E-state index >= 15 is 0 Å². The summed E-state index contributed by atoms with van der Waals surface area (Å²) in [7, 11) is 1.72. The molecular formula is C10H17NO3. The van der Waals surface area contributed by atoms with Gasteiger partial charge in [-0.1, -0.05) is 12.8 Å². The van der Waals surface area contributed by atoms with Crippen molar-refractivity contribution in [2.75, 3.05) is 13.6 Å². The molecule has 4 heteroatoms. The third kappa shape index (κ3) is 1.95. The Balaban J connectivity index is 2.77. The van der Waals surface area contributed by atoms with Crippen LogP contribution in [0.4, 0.5) is 0 Å². The van der Waals surface area contributed by atoms with Crippen LogP contribution in [-0.2, 0) is 9.59 Å². The van der Waals surface area contributed by atoms with E-state index in [-0.39, 0.29) is 12.3 Å². The van der Waals surface area contributed by atoms with Crippen molar-refractivity contribution in [3.8, 4) is 0 Å². The smallest absolute Gasteiger partial charge is 0.317 e. The summed E-state index contributed by atoms with van der Waals surface area (Å²) in [4.78, 5) is 23.8. The molecule has 1 rings (SSSR count). The Morgan fingerprint density at radius 3 is 2.21 bits per heavy atom. The number of hydrogen-bond acceptors (Lipinski definition) is 3. The Hall–Kier alpha value is -0.900. The summed E-state index contributed by atoms with van der Waals surface area (Å²) in [5.74, 6) is -0.779. The molecule has 1 fully saturated rings. The highest BCUT2D eigenvalue weighted by molar-refractivity contribution is 5.87. The van der Waals surface area contributed by atoms with Crippen molar-refractivity contribution in [2.24, 2.45) is 0 Å². The normalized spacial score (nSPS) is 19.9. The molecule has 0 amide bonds. The van der Waals surface area contributed by atoms with Gasteiger partial charge in [0.05, 0.1) is 12.1 Å². The highest BCUT2D eigenvalue weighted by Gasteiger charge is 2.42. The number of ketones is 1. The molecule has 0 aromatic carbocycles. The molecule has 14 heavy (non-hydrogen) atoms. The lowest BCUT2D eigenvalue weighted by atomic mass is 9.91. The molecule has 0 bridgehead atoms. The van der Waals surface area contributed by atoms with Gasteiger partial charge in [0.1, 0.15) is 5.78 Å². The average Bonchev–Trinajstić information content (AvgIpc) is 2.51. The number of carbonyl (C=O) groups excluding carboxylic acids is 1. The van der Waals surface area contributed by atoms with E-state index in [0.29, 0.717) is 0 Å². The van der Waals surface area contributed by atoms with Crippen LogP contribution in [0.25, 0.3) is 0 Å². The molecular weight excluding hydrogens is 182 g/mol. The van der Waals surface area contributed by atoms with Gasteiger partial charge in [0.15, 0.2) is 0 Å². The van der Waals surface area contributed by atoms with E-state index in [1.165, 1.54) is 0 Å². The van der Waals surface area contributed by atoms with Crippen molar-refractivity contribution in [3.05, 3.63) is 0 Å². The van der Waals surface area contributed by atoms with Crippen molar-refractivity contribution >= 4 is 11.8 Å². The van der Waals surface area contributed by atoms with Crippen LogP contribution < -0.4 is 0 Å². The summed E-state index contributed by atoms with van der Waals surface area (Å²) in [6, 6.07) is 0. The molecule has 1 aliphatic carbocycles. The van der Waals surface area contributed by atoms with E-state index in [1.807, 2.05) is 0 Å². The van der Waals surface area contributed by atoms with E-state index in [2.05, 4.69) is 0 Å². The second-order valence-corrected chi connectivity index (χ2v) is 4.04. The van der Waals surface area contributed by atoms with Gasteiger partial charge in [-0.3, -0.25) is 14.5 Å². The first-order valence-corrected chi connectivity index (χ1v) is 4.93. The molecule has 1 saturated carbocycles. The molecule has 0 aliphatic heterocycles. The lowest BCUT2D eigenvalue weighted by Gasteiger charge is -2.35. The van der Waals surface area contributed by atoms with Gasteiger partial charge in [-0.25, -0.2) is 0 Å². The molecule has 80 valence electrons. The molecule has 0 saturated heterocycles. The van der Waals surface area contributed by atoms with E-state index in [1.54, 1.807) is 18.9 Å². The zero-order chi connectivity index (χ0) is 10.8. The molecule has 0 spiro atoms. The van der Waals surface area contributed by atoms with Gasteiger partial charge < -0.3 is 5.11 Å². The maximum Gasteiger partial charge on any atom is 0.317 e. The summed E-state index contributed by atoms with van der Waals surface area (Å²) in [5, 5.41) is 8.69. The summed E-state index contributed by atoms with van der Waals surface area (Å²) in [6.07, 6.45) is 3.63. The zero-order valence-corrected chi connectivity index (χ0v) is 8.75. The van der Waals surface area contributed by atoms with Crippen molar-refractivity contribution in [2.45, 2.75) is 38.1 Å². The van der Waals surface area contributed by atoms with Crippen LogP contribution in [0.1, 0.15) is 32.6 Å². The monoisotopic (exact) mass is 199 g/mol. The summed E-state index contributed by atoms with van der Waals surface area (Å²) in [5.41, 5.74) is -0.502. The first kappa shape index (κ1) is 11.2. The van der Waals surface area contributed by atoms with Gasteiger partial charge in [0, 0.05) is 0 Å². The van der Waals surface area contributed by atoms with Crippen LogP contribution in [0.5, 0.6) is 0 Å². The Morgan fingerprint density at radius 2 is 1.86 bits per heavy atom. The first-order chi connectivity index (χ1) is 6.49. The second kappa shape index (κ2) is 4.09. The Labute approximate surface area is 83.9 Å². The maximum absolute atomic E-state index is 11.6. The summed E-state index contributed by atoms with van der Waals surface area (Å²) < 4.78 is 0. The Morgan fingerprint density at radius 1 is 1.36 bits per heavy atom. The third-order valence-corrected chi connectivity index (χ3v) is 3.19. The molecule has 0 aromatic rings. The third-order valence-electron chi connectivity index (χ3n) is 3.19. The topological polar surface area (TPSA) is 57.6 Å². The number of nitrogens with zero attached hydrogens (tertiary/aromatic N) is 1. The quantitative estimate of drug-likeness (QED) is 0.731. The SMILES string of the molecule is CC(=O)C1(N(C)CC(=O)O)CCCC1. The number of hydrogen-bond donors (Lipinski definition) is 1. The number of aliphatic carboxylic acids is 1. The lowest BCUT2D eigenvalue weighted by Crippen LogP contribution is -2.51. The minimum absolute atomic E-state index is 0.0560. The zero-order valence-electron chi connectivity index (χ0n) is 8.75. The van der Waals surface area contributed by atoms with E-state index in [4.69, 9.17) is 5.11 Å². The van der Waals surface area contributed by atoms with E-state index < -0.39 is 11.5 Å². The van der Waals surface area contributed by atoms with Gasteiger partial charge in [0.25, 0.3) is 0 Å². The fraction of sp³-hybridized carbons (Fsp3) is 0.800. The number of Topliss-reactive ketones (excluding diaryl/α,β-unsaturated/α-hetero) is 1. The van der Waals surface area contributed by atoms with Gasteiger partial charge in [-0.05, 0) is 26.8 Å². The highest BCUT2D eigenvalue weighted by atomic mass is 16.4. The predicted molar refractivity (Wildman–Crippen MR) is 52.1 cm³/mol. The van der Waals surface area contributed by atoms with Crippen molar-refractivity contribution in [1.29, 1.82) is 0 Å². The van der Waals surface area contributed by atoms with Crippen LogP contribution in [0.2, 0.25) is 0 Å². The molecule has 1 N–H and O–H groups in total. The van der Waals surface area contributed by atoms with Crippen molar-refractivity contribution in [1.82, 2.24) is 4.90 Å². The number of rotatable bonds is 4. The van der Waals surface area contributed by atoms with Gasteiger partial charge in [-0.15, -0.1) is 0 Å². The molecule has 0 aromatic heterocycles. The highest BCUT2D eigenvalue weighted by Crippen LogP contribution is 2.35. The molecule has 0 radical (unpaired) electrons. The molecule has 0 unspecified atom stereocenters. The van der Waals surface area contributed by atoms with E-state index in [0.717, 1.165) is 25.7 Å². The van der Waals surface area contributed by atoms with Crippen LogP contribution in [0, 0.1) is 0 Å². The largest absolute Gasteiger partial charge is 0.480 e. The maximum atomic E-state index is 11.6. The Bertz CT molecular complexity index is 244. The van der Waals surface area contributed by atoms with Gasteiger partial charge in [-0.2, -0.15) is 0 Å². The number of carboxylic acids is 1. The molecule has 0 atom stereocenters. The average molecular weight is 199 g/mol. The fourth-order valence-corrected chi connectivity index (χ4v) is 2.32. The summed E-state index contributed by atoms with van der Waals surface area (Å²) in [6.45, 7) is 1.50. The molecule has 0 heterocycles. The minimum atomic E-state index is -0.875. The fourth-order valence-electron chi connectivity index (χ4n) is 2.32. The van der Waals surface area contributed by atoms with Crippen molar-refractivity contribution < 1.29 is 14.7 Å². The van der Waals surface area contributed by atoms with Crippen LogP contribution in [0.15, 0.2) is 0 Å². The second-order valence-electron chi connectivity index (χ2n) is 4.04. The number of carbonyl (C=O) groups is 2. The minimum Gasteiger partial charge on any atom is -0.480 e. The number of carboxylic acid groups (broad SMARTS) is 1. The van der Waals surface area contributed by atoms with Crippen LogP contribution in [0.3, 0.4) is 0 Å². The Kier molecular flexibility index (Phi) is 3.26.